The van der Waals surface area contributed by atoms with Crippen molar-refractivity contribution in [1.82, 2.24) is 16.0 Å². The first kappa shape index (κ1) is 10.8. The largest absolute Gasteiger partial charge is 0.358 e. The van der Waals surface area contributed by atoms with Crippen LogP contribution in [0.5, 0.6) is 0 Å². The van der Waals surface area contributed by atoms with Gasteiger partial charge in [-0.25, -0.2) is 0 Å². The SMILES string of the molecule is [CH2]OC(NC)C(C)(NC)NC. The van der Waals surface area contributed by atoms with Crippen LogP contribution in [0.15, 0.2) is 0 Å². The van der Waals surface area contributed by atoms with Crippen molar-refractivity contribution in [2.75, 3.05) is 21.1 Å². The van der Waals surface area contributed by atoms with Crippen LogP contribution < -0.4 is 16.0 Å². The minimum Gasteiger partial charge on any atom is -0.358 e. The van der Waals surface area contributed by atoms with Gasteiger partial charge in [0.25, 0.3) is 0 Å². The van der Waals surface area contributed by atoms with Crippen molar-refractivity contribution in [2.24, 2.45) is 0 Å². The molecule has 0 aromatic carbocycles. The van der Waals surface area contributed by atoms with Crippen molar-refractivity contribution in [2.45, 2.75) is 18.8 Å². The maximum Gasteiger partial charge on any atom is 0.139 e. The van der Waals surface area contributed by atoms with Crippen LogP contribution in [0, 0.1) is 7.11 Å². The molecule has 0 aliphatic carbocycles. The topological polar surface area (TPSA) is 45.3 Å². The summed E-state index contributed by atoms with van der Waals surface area (Å²) in [6, 6.07) is 0. The van der Waals surface area contributed by atoms with Gasteiger partial charge in [0.15, 0.2) is 0 Å². The second-order valence-corrected chi connectivity index (χ2v) is 2.54. The number of ether oxygens (including phenoxy) is 1. The normalized spacial score (nSPS) is 15.0. The molecular weight excluding hydrogens is 142 g/mol. The van der Waals surface area contributed by atoms with Gasteiger partial charge in [-0.3, -0.25) is 16.0 Å². The van der Waals surface area contributed by atoms with Gasteiger partial charge in [-0.1, -0.05) is 0 Å². The lowest BCUT2D eigenvalue weighted by atomic mass is 10.1. The second-order valence-electron chi connectivity index (χ2n) is 2.54. The molecule has 0 aliphatic heterocycles. The molecule has 0 rings (SSSR count). The van der Waals surface area contributed by atoms with Gasteiger partial charge in [-0.15, -0.1) is 0 Å². The van der Waals surface area contributed by atoms with Gasteiger partial charge in [0, 0.05) is 0 Å². The van der Waals surface area contributed by atoms with Crippen molar-refractivity contribution >= 4 is 0 Å². The number of nitrogens with one attached hydrogen (secondary N) is 3. The highest BCUT2D eigenvalue weighted by atomic mass is 16.5. The molecular formula is C7H18N3O. The van der Waals surface area contributed by atoms with Gasteiger partial charge < -0.3 is 4.74 Å². The van der Waals surface area contributed by atoms with Crippen molar-refractivity contribution in [3.8, 4) is 0 Å². The molecule has 11 heavy (non-hydrogen) atoms. The maximum atomic E-state index is 4.96. The highest BCUT2D eigenvalue weighted by Crippen LogP contribution is 2.04. The molecule has 1 unspecified atom stereocenters. The van der Waals surface area contributed by atoms with E-state index in [1.54, 1.807) is 0 Å². The van der Waals surface area contributed by atoms with Crippen LogP contribution in [0.2, 0.25) is 0 Å². The van der Waals surface area contributed by atoms with Gasteiger partial charge >= 0.3 is 0 Å². The quantitative estimate of drug-likeness (QED) is 0.474. The van der Waals surface area contributed by atoms with E-state index in [9.17, 15) is 0 Å². The first-order chi connectivity index (χ1) is 5.14. The number of hydrogen-bond acceptors (Lipinski definition) is 4. The van der Waals surface area contributed by atoms with Crippen LogP contribution in [0.3, 0.4) is 0 Å². The Bertz CT molecular complexity index is 99.9. The number of hydrogen-bond donors (Lipinski definition) is 3. The molecule has 0 fully saturated rings. The van der Waals surface area contributed by atoms with Crippen molar-refractivity contribution in [1.29, 1.82) is 0 Å². The van der Waals surface area contributed by atoms with E-state index < -0.39 is 0 Å². The standard InChI is InChI=1S/C7H18N3O/c1-7(9-3,10-4)6(8-2)11-5/h6,8-10H,5H2,1-4H3. The van der Waals surface area contributed by atoms with E-state index in [2.05, 4.69) is 23.1 Å². The zero-order valence-corrected chi connectivity index (χ0v) is 7.69. The first-order valence-electron chi connectivity index (χ1n) is 3.60. The van der Waals surface area contributed by atoms with Gasteiger partial charge in [0.2, 0.25) is 0 Å². The van der Waals surface area contributed by atoms with E-state index in [4.69, 9.17) is 4.74 Å². The zero-order valence-electron chi connectivity index (χ0n) is 7.69. The predicted octanol–water partition coefficient (Wildman–Crippen LogP) is -0.505. The Morgan fingerprint density at radius 1 is 1.27 bits per heavy atom. The third-order valence-electron chi connectivity index (χ3n) is 1.99. The average molecular weight is 160 g/mol. The Labute approximate surface area is 68.7 Å². The number of rotatable bonds is 5. The molecule has 0 bridgehead atoms. The molecule has 0 aromatic heterocycles. The van der Waals surface area contributed by atoms with Crippen LogP contribution in [-0.4, -0.2) is 33.0 Å². The lowest BCUT2D eigenvalue weighted by Gasteiger charge is -2.35. The Balaban J connectivity index is 4.19. The smallest absolute Gasteiger partial charge is 0.139 e. The average Bonchev–Trinajstić information content (AvgIpc) is 2.06. The number of likely N-dealkylation sites (N-methyl/N-ethyl adjacent to an activating group) is 3. The summed E-state index contributed by atoms with van der Waals surface area (Å²) >= 11 is 0. The Kier molecular flexibility index (Phi) is 4.60. The van der Waals surface area contributed by atoms with Crippen LogP contribution >= 0.6 is 0 Å². The zero-order chi connectivity index (χ0) is 8.91. The summed E-state index contributed by atoms with van der Waals surface area (Å²) in [5, 5.41) is 9.17. The highest BCUT2D eigenvalue weighted by Gasteiger charge is 2.29. The van der Waals surface area contributed by atoms with Gasteiger partial charge in [0.05, 0.1) is 7.11 Å². The van der Waals surface area contributed by atoms with E-state index in [0.717, 1.165) is 0 Å². The molecule has 1 radical (unpaired) electrons. The first-order valence-corrected chi connectivity index (χ1v) is 3.60. The molecule has 0 aromatic rings. The van der Waals surface area contributed by atoms with E-state index in [1.807, 2.05) is 28.1 Å². The molecule has 0 heterocycles. The molecule has 67 valence electrons. The molecule has 0 saturated carbocycles. The fourth-order valence-corrected chi connectivity index (χ4v) is 0.926. The van der Waals surface area contributed by atoms with E-state index in [-0.39, 0.29) is 11.9 Å². The van der Waals surface area contributed by atoms with E-state index >= 15 is 0 Å². The van der Waals surface area contributed by atoms with Crippen LogP contribution in [0.25, 0.3) is 0 Å². The highest BCUT2D eigenvalue weighted by molar-refractivity contribution is 4.84. The maximum absolute atomic E-state index is 4.96. The van der Waals surface area contributed by atoms with Crippen molar-refractivity contribution in [3.63, 3.8) is 0 Å². The Morgan fingerprint density at radius 3 is 1.82 bits per heavy atom. The molecule has 0 amide bonds. The summed E-state index contributed by atoms with van der Waals surface area (Å²) in [6.07, 6.45) is -0.155. The molecule has 4 nitrogen and oxygen atoms in total. The summed E-state index contributed by atoms with van der Waals surface area (Å²) in [7, 11) is 8.92. The molecule has 0 aliphatic rings. The summed E-state index contributed by atoms with van der Waals surface area (Å²) in [5.74, 6) is 0. The lowest BCUT2D eigenvalue weighted by molar-refractivity contribution is 0.0179. The monoisotopic (exact) mass is 160 g/mol. The molecule has 3 N–H and O–H groups in total. The molecule has 0 spiro atoms. The Morgan fingerprint density at radius 2 is 1.73 bits per heavy atom. The van der Waals surface area contributed by atoms with Crippen LogP contribution in [-0.2, 0) is 4.74 Å². The minimum absolute atomic E-state index is 0.155. The Hall–Kier alpha value is -0.160. The van der Waals surface area contributed by atoms with E-state index in [0.29, 0.717) is 0 Å². The third-order valence-corrected chi connectivity index (χ3v) is 1.99. The lowest BCUT2D eigenvalue weighted by Crippen LogP contribution is -2.64. The summed E-state index contributed by atoms with van der Waals surface area (Å²) in [5.41, 5.74) is -0.295. The van der Waals surface area contributed by atoms with Crippen LogP contribution in [0.1, 0.15) is 6.92 Å². The summed E-state index contributed by atoms with van der Waals surface area (Å²) in [4.78, 5) is 0. The summed E-state index contributed by atoms with van der Waals surface area (Å²) in [6.45, 7) is 1.99. The summed E-state index contributed by atoms with van der Waals surface area (Å²) < 4.78 is 4.96. The second kappa shape index (κ2) is 4.66. The van der Waals surface area contributed by atoms with Gasteiger partial charge in [-0.2, -0.15) is 0 Å². The minimum atomic E-state index is -0.295. The van der Waals surface area contributed by atoms with Gasteiger partial charge in [-0.05, 0) is 28.1 Å². The fourth-order valence-electron chi connectivity index (χ4n) is 0.926. The van der Waals surface area contributed by atoms with Crippen molar-refractivity contribution in [3.05, 3.63) is 7.11 Å². The molecule has 4 heteroatoms. The molecule has 1 atom stereocenters. The van der Waals surface area contributed by atoms with Crippen molar-refractivity contribution < 1.29 is 4.74 Å². The van der Waals surface area contributed by atoms with E-state index in [1.165, 1.54) is 0 Å². The van der Waals surface area contributed by atoms with Gasteiger partial charge in [0.1, 0.15) is 11.9 Å². The van der Waals surface area contributed by atoms with Crippen LogP contribution in [0.4, 0.5) is 0 Å². The predicted molar refractivity (Wildman–Crippen MR) is 45.8 cm³/mol. The third kappa shape index (κ3) is 2.41. The molecule has 0 saturated heterocycles. The fraction of sp³-hybridized carbons (Fsp3) is 0.857.